The summed E-state index contributed by atoms with van der Waals surface area (Å²) in [4.78, 5) is 25.3. The lowest BCUT2D eigenvalue weighted by molar-refractivity contribution is -0.885. The Balaban J connectivity index is 1.75. The van der Waals surface area contributed by atoms with Crippen molar-refractivity contribution < 1.29 is 14.5 Å². The van der Waals surface area contributed by atoms with E-state index in [1.165, 1.54) is 11.1 Å². The summed E-state index contributed by atoms with van der Waals surface area (Å²) in [6.07, 6.45) is 1.87. The van der Waals surface area contributed by atoms with E-state index in [0.29, 0.717) is 6.54 Å². The van der Waals surface area contributed by atoms with E-state index in [-0.39, 0.29) is 18.4 Å². The monoisotopic (exact) mass is 368 g/mol. The van der Waals surface area contributed by atoms with E-state index in [0.717, 1.165) is 35.5 Å². The molecule has 0 aliphatic rings. The van der Waals surface area contributed by atoms with Crippen LogP contribution < -0.4 is 15.5 Å². The van der Waals surface area contributed by atoms with Crippen LogP contribution in [0.1, 0.15) is 30.5 Å². The highest BCUT2D eigenvalue weighted by molar-refractivity contribution is 5.95. The van der Waals surface area contributed by atoms with E-state index in [1.54, 1.807) is 0 Å². The molecule has 0 radical (unpaired) electrons. The van der Waals surface area contributed by atoms with Gasteiger partial charge in [-0.2, -0.15) is 0 Å². The molecule has 2 aromatic rings. The van der Waals surface area contributed by atoms with E-state index in [2.05, 4.69) is 41.8 Å². The van der Waals surface area contributed by atoms with Crippen molar-refractivity contribution in [2.24, 2.45) is 0 Å². The van der Waals surface area contributed by atoms with Crippen LogP contribution in [0.4, 0.5) is 5.69 Å². The highest BCUT2D eigenvalue weighted by Crippen LogP contribution is 2.14. The maximum Gasteiger partial charge on any atom is 0.275 e. The summed E-state index contributed by atoms with van der Waals surface area (Å²) in [5.74, 6) is -0.339. The first-order chi connectivity index (χ1) is 13.0. The summed E-state index contributed by atoms with van der Waals surface area (Å²) >= 11 is 0. The van der Waals surface area contributed by atoms with Crippen LogP contribution in [-0.4, -0.2) is 32.0 Å². The Morgan fingerprint density at radius 3 is 2.22 bits per heavy atom. The molecule has 27 heavy (non-hydrogen) atoms. The van der Waals surface area contributed by atoms with Gasteiger partial charge in [0.15, 0.2) is 6.54 Å². The lowest BCUT2D eigenvalue weighted by atomic mass is 10.1. The molecule has 2 aromatic carbocycles. The minimum Gasteiger partial charge on any atom is -0.342 e. The van der Waals surface area contributed by atoms with Gasteiger partial charge in [-0.15, -0.1) is 0 Å². The lowest BCUT2D eigenvalue weighted by Gasteiger charge is -2.14. The second kappa shape index (κ2) is 10.5. The molecule has 0 aliphatic carbocycles. The Hall–Kier alpha value is -2.66. The molecule has 3 N–H and O–H groups in total. The third-order valence-corrected chi connectivity index (χ3v) is 4.52. The van der Waals surface area contributed by atoms with E-state index in [1.807, 2.05) is 38.2 Å². The van der Waals surface area contributed by atoms with Gasteiger partial charge in [-0.25, -0.2) is 0 Å². The zero-order chi connectivity index (χ0) is 19.6. The molecule has 2 amide bonds. The number of para-hydroxylation sites is 1. The molecule has 0 spiro atoms. The maximum absolute atomic E-state index is 12.1. The molecule has 1 atom stereocenters. The molecule has 0 saturated carbocycles. The van der Waals surface area contributed by atoms with Crippen molar-refractivity contribution >= 4 is 17.5 Å². The number of carbonyl (C=O) groups excluding carboxylic acids is 2. The zero-order valence-electron chi connectivity index (χ0n) is 16.5. The Bertz CT molecular complexity index is 756. The first kappa shape index (κ1) is 20.6. The highest BCUT2D eigenvalue weighted by atomic mass is 16.2. The number of nitrogens with one attached hydrogen (secondary N) is 3. The molecule has 0 fully saturated rings. The van der Waals surface area contributed by atoms with Crippen molar-refractivity contribution in [2.45, 2.75) is 33.2 Å². The second-order valence-electron chi connectivity index (χ2n) is 6.82. The van der Waals surface area contributed by atoms with Crippen LogP contribution in [0.5, 0.6) is 0 Å². The SMILES string of the molecule is CCc1ccc(C[NH+](C)CC(=O)NCC(=O)Nc2ccccc2CC)cc1. The number of amides is 2. The van der Waals surface area contributed by atoms with E-state index in [4.69, 9.17) is 0 Å². The van der Waals surface area contributed by atoms with Gasteiger partial charge in [0.25, 0.3) is 5.91 Å². The van der Waals surface area contributed by atoms with Gasteiger partial charge in [-0.05, 0) is 30.0 Å². The van der Waals surface area contributed by atoms with Crippen molar-refractivity contribution in [3.8, 4) is 0 Å². The normalized spacial score (nSPS) is 11.7. The molecule has 5 heteroatoms. The fourth-order valence-electron chi connectivity index (χ4n) is 2.96. The summed E-state index contributed by atoms with van der Waals surface area (Å²) in [7, 11) is 1.98. The summed E-state index contributed by atoms with van der Waals surface area (Å²) in [6.45, 7) is 5.26. The first-order valence-electron chi connectivity index (χ1n) is 9.55. The molecule has 0 bridgehead atoms. The van der Waals surface area contributed by atoms with Crippen molar-refractivity contribution in [3.63, 3.8) is 0 Å². The van der Waals surface area contributed by atoms with Crippen molar-refractivity contribution in [1.29, 1.82) is 0 Å². The van der Waals surface area contributed by atoms with Crippen LogP contribution in [0.3, 0.4) is 0 Å². The second-order valence-corrected chi connectivity index (χ2v) is 6.82. The Morgan fingerprint density at radius 1 is 0.889 bits per heavy atom. The van der Waals surface area contributed by atoms with Crippen molar-refractivity contribution in [1.82, 2.24) is 5.32 Å². The van der Waals surface area contributed by atoms with Gasteiger partial charge in [0.2, 0.25) is 5.91 Å². The van der Waals surface area contributed by atoms with Gasteiger partial charge in [-0.3, -0.25) is 9.59 Å². The molecule has 0 heterocycles. The molecule has 0 saturated heterocycles. The lowest BCUT2D eigenvalue weighted by Crippen LogP contribution is -3.08. The van der Waals surface area contributed by atoms with Crippen LogP contribution in [-0.2, 0) is 29.0 Å². The number of carbonyl (C=O) groups is 2. The minimum atomic E-state index is -0.211. The molecular weight excluding hydrogens is 338 g/mol. The summed E-state index contributed by atoms with van der Waals surface area (Å²) in [6, 6.07) is 16.2. The van der Waals surface area contributed by atoms with Crippen molar-refractivity contribution in [2.75, 3.05) is 25.5 Å². The highest BCUT2D eigenvalue weighted by Gasteiger charge is 2.12. The first-order valence-corrected chi connectivity index (χ1v) is 9.55. The predicted molar refractivity (Wildman–Crippen MR) is 109 cm³/mol. The van der Waals surface area contributed by atoms with E-state index < -0.39 is 0 Å². The van der Waals surface area contributed by atoms with E-state index in [9.17, 15) is 9.59 Å². The topological polar surface area (TPSA) is 62.6 Å². The Labute approximate surface area is 161 Å². The number of benzene rings is 2. The molecular formula is C22H30N3O2+. The van der Waals surface area contributed by atoms with Gasteiger partial charge >= 0.3 is 0 Å². The average molecular weight is 369 g/mol. The van der Waals surface area contributed by atoms with Crippen LogP contribution >= 0.6 is 0 Å². The quantitative estimate of drug-likeness (QED) is 0.629. The van der Waals surface area contributed by atoms with Gasteiger partial charge in [-0.1, -0.05) is 56.3 Å². The number of hydrogen-bond donors (Lipinski definition) is 3. The number of quaternary nitrogens is 1. The molecule has 2 rings (SSSR count). The smallest absolute Gasteiger partial charge is 0.275 e. The predicted octanol–water partition coefficient (Wildman–Crippen LogP) is 1.58. The fraction of sp³-hybridized carbons (Fsp3) is 0.364. The Kier molecular flexibility index (Phi) is 8.01. The molecule has 1 unspecified atom stereocenters. The molecule has 0 aliphatic heterocycles. The fourth-order valence-corrected chi connectivity index (χ4v) is 2.96. The standard InChI is InChI=1S/C22H29N3O2/c1-4-17-10-12-18(13-11-17)15-25(3)16-22(27)23-14-21(26)24-20-9-7-6-8-19(20)5-2/h6-13H,4-5,14-16H2,1-3H3,(H,23,27)(H,24,26)/p+1. The van der Waals surface area contributed by atoms with Gasteiger partial charge in [0.1, 0.15) is 6.54 Å². The molecule has 5 nitrogen and oxygen atoms in total. The Morgan fingerprint density at radius 2 is 1.56 bits per heavy atom. The van der Waals surface area contributed by atoms with Crippen molar-refractivity contribution in [3.05, 3.63) is 65.2 Å². The number of rotatable bonds is 9. The summed E-state index contributed by atoms with van der Waals surface area (Å²) < 4.78 is 0. The number of hydrogen-bond acceptors (Lipinski definition) is 2. The van der Waals surface area contributed by atoms with E-state index >= 15 is 0 Å². The molecule has 144 valence electrons. The average Bonchev–Trinajstić information content (AvgIpc) is 2.67. The minimum absolute atomic E-state index is 0.0185. The van der Waals surface area contributed by atoms with Crippen LogP contribution in [0.25, 0.3) is 0 Å². The molecule has 0 aromatic heterocycles. The van der Waals surface area contributed by atoms with Crippen LogP contribution in [0, 0.1) is 0 Å². The van der Waals surface area contributed by atoms with Crippen LogP contribution in [0.15, 0.2) is 48.5 Å². The number of aryl methyl sites for hydroxylation is 2. The summed E-state index contributed by atoms with van der Waals surface area (Å²) in [5, 5.41) is 5.56. The zero-order valence-corrected chi connectivity index (χ0v) is 16.5. The summed E-state index contributed by atoms with van der Waals surface area (Å²) in [5.41, 5.74) is 4.39. The maximum atomic E-state index is 12.1. The number of likely N-dealkylation sites (N-methyl/N-ethyl adjacent to an activating group) is 1. The van der Waals surface area contributed by atoms with Gasteiger partial charge in [0.05, 0.1) is 13.6 Å². The van der Waals surface area contributed by atoms with Gasteiger partial charge < -0.3 is 15.5 Å². The van der Waals surface area contributed by atoms with Gasteiger partial charge in [0, 0.05) is 11.3 Å². The van der Waals surface area contributed by atoms with Crippen LogP contribution in [0.2, 0.25) is 0 Å². The number of anilines is 1. The third-order valence-electron chi connectivity index (χ3n) is 4.52. The third kappa shape index (κ3) is 6.87. The largest absolute Gasteiger partial charge is 0.342 e.